The summed E-state index contributed by atoms with van der Waals surface area (Å²) < 4.78 is 0. The van der Waals surface area contributed by atoms with Crippen molar-refractivity contribution in [3.05, 3.63) is 89.7 Å². The third kappa shape index (κ3) is 6.12. The van der Waals surface area contributed by atoms with Gasteiger partial charge in [0, 0.05) is 17.7 Å². The Balaban J connectivity index is 1.49. The molecule has 0 bridgehead atoms. The lowest BCUT2D eigenvalue weighted by Crippen LogP contribution is -2.29. The van der Waals surface area contributed by atoms with Crippen LogP contribution < -0.4 is 11.1 Å². The highest BCUT2D eigenvalue weighted by Crippen LogP contribution is 2.23. The molecule has 0 fully saturated rings. The zero-order valence-corrected chi connectivity index (χ0v) is 20.8. The monoisotopic (exact) mass is 497 g/mol. The fourth-order valence-electron chi connectivity index (χ4n) is 3.86. The zero-order valence-electron chi connectivity index (χ0n) is 20.0. The first kappa shape index (κ1) is 25.0. The van der Waals surface area contributed by atoms with Gasteiger partial charge in [-0.05, 0) is 67.3 Å². The van der Waals surface area contributed by atoms with Crippen molar-refractivity contribution < 1.29 is 4.79 Å². The van der Waals surface area contributed by atoms with Crippen molar-refractivity contribution in [2.75, 3.05) is 6.54 Å². The molecule has 4 aromatic rings. The number of rotatable bonds is 9. The number of carbonyl (C=O) groups is 1. The van der Waals surface area contributed by atoms with Crippen LogP contribution in [0.1, 0.15) is 47.6 Å². The summed E-state index contributed by atoms with van der Waals surface area (Å²) in [5.74, 6) is 3.56. The maximum Gasteiger partial charge on any atom is 0.251 e. The molecule has 0 saturated carbocycles. The molecule has 182 valence electrons. The molecule has 0 aliphatic heterocycles. The summed E-state index contributed by atoms with van der Waals surface area (Å²) in [5, 5.41) is 2.82. The number of amides is 1. The lowest BCUT2D eigenvalue weighted by atomic mass is 10.0. The van der Waals surface area contributed by atoms with E-state index in [1.807, 2.05) is 72.8 Å². The van der Waals surface area contributed by atoms with Crippen LogP contribution in [0.5, 0.6) is 0 Å². The Kier molecular flexibility index (Phi) is 8.04. The molecule has 1 unspecified atom stereocenters. The normalized spacial score (nSPS) is 13.2. The number of hydrogen-bond acceptors (Lipinski definition) is 3. The molecule has 7 heteroatoms. The van der Waals surface area contributed by atoms with Crippen LogP contribution >= 0.6 is 11.6 Å². The van der Waals surface area contributed by atoms with Gasteiger partial charge in [0.2, 0.25) is 0 Å². The molecular weight excluding hydrogens is 470 g/mol. The molecular formula is C29H28ClN5O. The fourth-order valence-corrected chi connectivity index (χ4v) is 3.93. The summed E-state index contributed by atoms with van der Waals surface area (Å²) in [6, 6.07) is 22.7. The number of nitrogens with two attached hydrogens (primary N) is 1. The SMILES string of the molecule is C#Cc1ccc(-c2ccc(C(=O)N[C@@H](CCCN=C(N)C(C)Cl)c3nc4ccccc4[nH]3)cc2)cc1. The molecule has 0 aliphatic rings. The molecule has 1 aromatic heterocycles. The number of nitrogens with zero attached hydrogens (tertiary/aromatic N) is 2. The highest BCUT2D eigenvalue weighted by molar-refractivity contribution is 6.31. The molecule has 1 heterocycles. The molecule has 0 saturated heterocycles. The lowest BCUT2D eigenvalue weighted by molar-refractivity contribution is 0.0932. The first-order valence-corrected chi connectivity index (χ1v) is 12.2. The van der Waals surface area contributed by atoms with Crippen molar-refractivity contribution in [2.24, 2.45) is 10.7 Å². The van der Waals surface area contributed by atoms with Gasteiger partial charge in [-0.15, -0.1) is 18.0 Å². The molecule has 4 N–H and O–H groups in total. The van der Waals surface area contributed by atoms with Crippen LogP contribution in [0.25, 0.3) is 22.2 Å². The van der Waals surface area contributed by atoms with Crippen LogP contribution in [0.15, 0.2) is 77.8 Å². The Hall–Kier alpha value is -4.08. The standard InChI is InChI=1S/C29H28ClN5O/c1-3-20-10-12-21(13-11-20)22-14-16-23(17-15-22)29(36)35-26(9-6-18-32-27(31)19(2)30)28-33-24-7-4-5-8-25(24)34-28/h1,4-5,7-8,10-17,19,26H,6,9,18H2,2H3,(H2,31,32)(H,33,34)(H,35,36)/t19?,26-/m0/s1. The van der Waals surface area contributed by atoms with Crippen molar-refractivity contribution in [3.63, 3.8) is 0 Å². The van der Waals surface area contributed by atoms with Gasteiger partial charge in [0.05, 0.1) is 22.5 Å². The number of carbonyl (C=O) groups excluding carboxylic acids is 1. The van der Waals surface area contributed by atoms with Crippen LogP contribution in [0.3, 0.4) is 0 Å². The van der Waals surface area contributed by atoms with E-state index in [2.05, 4.69) is 21.2 Å². The molecule has 2 atom stereocenters. The number of alkyl halides is 1. The molecule has 36 heavy (non-hydrogen) atoms. The molecule has 0 spiro atoms. The Morgan fingerprint density at radius 2 is 1.78 bits per heavy atom. The van der Waals surface area contributed by atoms with E-state index in [0.717, 1.165) is 27.7 Å². The maximum atomic E-state index is 13.2. The van der Waals surface area contributed by atoms with Crippen molar-refractivity contribution in [1.29, 1.82) is 0 Å². The number of nitrogens with one attached hydrogen (secondary N) is 2. The van der Waals surface area contributed by atoms with Gasteiger partial charge < -0.3 is 16.0 Å². The van der Waals surface area contributed by atoms with E-state index in [4.69, 9.17) is 28.7 Å². The van der Waals surface area contributed by atoms with Crippen molar-refractivity contribution in [3.8, 4) is 23.5 Å². The van der Waals surface area contributed by atoms with E-state index in [1.165, 1.54) is 0 Å². The van der Waals surface area contributed by atoms with Gasteiger partial charge in [0.25, 0.3) is 5.91 Å². The van der Waals surface area contributed by atoms with Gasteiger partial charge in [-0.1, -0.05) is 42.3 Å². The highest BCUT2D eigenvalue weighted by atomic mass is 35.5. The second-order valence-electron chi connectivity index (χ2n) is 8.53. The van der Waals surface area contributed by atoms with Crippen molar-refractivity contribution in [2.45, 2.75) is 31.2 Å². The average Bonchev–Trinajstić information content (AvgIpc) is 3.34. The third-order valence-corrected chi connectivity index (χ3v) is 6.15. The largest absolute Gasteiger partial charge is 0.386 e. The summed E-state index contributed by atoms with van der Waals surface area (Å²) in [5.41, 5.74) is 11.1. The molecule has 4 rings (SSSR count). The smallest absolute Gasteiger partial charge is 0.251 e. The van der Waals surface area contributed by atoms with Crippen LogP contribution in [-0.4, -0.2) is 33.6 Å². The minimum absolute atomic E-state index is 0.174. The average molecular weight is 498 g/mol. The minimum Gasteiger partial charge on any atom is -0.386 e. The number of amidine groups is 1. The number of aromatic nitrogens is 2. The third-order valence-electron chi connectivity index (χ3n) is 5.93. The fraction of sp³-hybridized carbons (Fsp3) is 0.207. The first-order valence-electron chi connectivity index (χ1n) is 11.8. The Morgan fingerprint density at radius 1 is 1.11 bits per heavy atom. The van der Waals surface area contributed by atoms with Crippen molar-refractivity contribution >= 4 is 34.4 Å². The quantitative estimate of drug-likeness (QED) is 0.0943. The summed E-state index contributed by atoms with van der Waals surface area (Å²) in [6.07, 6.45) is 6.79. The number of aliphatic imine (C=N–C) groups is 1. The van der Waals surface area contributed by atoms with E-state index in [0.29, 0.717) is 36.6 Å². The van der Waals surface area contributed by atoms with Crippen LogP contribution in [-0.2, 0) is 0 Å². The first-order chi connectivity index (χ1) is 17.4. The number of H-pyrrole nitrogens is 1. The zero-order chi connectivity index (χ0) is 25.5. The molecule has 0 radical (unpaired) electrons. The van der Waals surface area contributed by atoms with E-state index in [-0.39, 0.29) is 17.3 Å². The lowest BCUT2D eigenvalue weighted by Gasteiger charge is -2.17. The number of aromatic amines is 1. The summed E-state index contributed by atoms with van der Waals surface area (Å²) in [6.45, 7) is 2.30. The number of hydrogen-bond donors (Lipinski definition) is 3. The predicted octanol–water partition coefficient (Wildman–Crippen LogP) is 5.45. The maximum absolute atomic E-state index is 13.2. The number of para-hydroxylation sites is 2. The van der Waals surface area contributed by atoms with Gasteiger partial charge in [-0.3, -0.25) is 9.79 Å². The van der Waals surface area contributed by atoms with E-state index in [1.54, 1.807) is 6.92 Å². The van der Waals surface area contributed by atoms with Crippen molar-refractivity contribution in [1.82, 2.24) is 15.3 Å². The van der Waals surface area contributed by atoms with Gasteiger partial charge in [-0.2, -0.15) is 0 Å². The number of benzene rings is 3. The van der Waals surface area contributed by atoms with E-state index in [9.17, 15) is 4.79 Å². The molecule has 3 aromatic carbocycles. The summed E-state index contributed by atoms with van der Waals surface area (Å²) >= 11 is 5.98. The number of terminal acetylenes is 1. The Bertz CT molecular complexity index is 1370. The topological polar surface area (TPSA) is 96.2 Å². The van der Waals surface area contributed by atoms with Crippen LogP contribution in [0, 0.1) is 12.3 Å². The van der Waals surface area contributed by atoms with Gasteiger partial charge in [0.15, 0.2) is 0 Å². The Labute approximate surface area is 216 Å². The molecule has 6 nitrogen and oxygen atoms in total. The van der Waals surface area contributed by atoms with Gasteiger partial charge in [-0.25, -0.2) is 4.98 Å². The second kappa shape index (κ2) is 11.6. The van der Waals surface area contributed by atoms with E-state index >= 15 is 0 Å². The van der Waals surface area contributed by atoms with E-state index < -0.39 is 0 Å². The molecule has 0 aliphatic carbocycles. The van der Waals surface area contributed by atoms with Crippen LogP contribution in [0.2, 0.25) is 0 Å². The summed E-state index contributed by atoms with van der Waals surface area (Å²) in [4.78, 5) is 25.5. The predicted molar refractivity (Wildman–Crippen MR) is 147 cm³/mol. The Morgan fingerprint density at radius 3 is 2.42 bits per heavy atom. The minimum atomic E-state index is -0.314. The number of halogens is 1. The second-order valence-corrected chi connectivity index (χ2v) is 9.18. The molecule has 1 amide bonds. The summed E-state index contributed by atoms with van der Waals surface area (Å²) in [7, 11) is 0. The number of imidazole rings is 1. The number of fused-ring (bicyclic) bond motifs is 1. The van der Waals surface area contributed by atoms with Gasteiger partial charge in [0.1, 0.15) is 11.7 Å². The van der Waals surface area contributed by atoms with Gasteiger partial charge >= 0.3 is 0 Å². The highest BCUT2D eigenvalue weighted by Gasteiger charge is 2.19. The van der Waals surface area contributed by atoms with Crippen LogP contribution in [0.4, 0.5) is 0 Å².